The molecule has 0 aliphatic heterocycles. The Labute approximate surface area is 117 Å². The zero-order valence-electron chi connectivity index (χ0n) is 10.9. The molecule has 0 saturated heterocycles. The lowest BCUT2D eigenvalue weighted by Crippen LogP contribution is -2.15. The van der Waals surface area contributed by atoms with E-state index in [4.69, 9.17) is 10.5 Å². The number of ether oxygens (including phenoxy) is 1. The number of hydrogen-bond donors (Lipinski definition) is 1. The third-order valence-corrected chi connectivity index (χ3v) is 3.78. The number of halogens is 1. The third-order valence-electron chi connectivity index (χ3n) is 3.01. The quantitative estimate of drug-likeness (QED) is 0.842. The van der Waals surface area contributed by atoms with Gasteiger partial charge >= 0.3 is 0 Å². The summed E-state index contributed by atoms with van der Waals surface area (Å²) < 4.78 is 6.12. The summed E-state index contributed by atoms with van der Waals surface area (Å²) >= 11 is 3.46. The van der Waals surface area contributed by atoms with Crippen LogP contribution in [-0.2, 0) is 11.2 Å². The van der Waals surface area contributed by atoms with Crippen LogP contribution in [0.3, 0.4) is 0 Å². The summed E-state index contributed by atoms with van der Waals surface area (Å²) in [6, 6.07) is 5.68. The minimum absolute atomic E-state index is 0.0617. The second-order valence-corrected chi connectivity index (χ2v) is 5.29. The zero-order chi connectivity index (χ0) is 13.5. The van der Waals surface area contributed by atoms with Crippen LogP contribution in [0.1, 0.15) is 25.3 Å². The summed E-state index contributed by atoms with van der Waals surface area (Å²) in [5, 5.41) is 0. The highest BCUT2D eigenvalue weighted by molar-refractivity contribution is 9.10. The monoisotopic (exact) mass is 313 g/mol. The third kappa shape index (κ3) is 4.42. The van der Waals surface area contributed by atoms with Crippen LogP contribution in [0, 0.1) is 5.92 Å². The van der Waals surface area contributed by atoms with E-state index in [1.165, 1.54) is 0 Å². The van der Waals surface area contributed by atoms with E-state index >= 15 is 0 Å². The summed E-state index contributed by atoms with van der Waals surface area (Å²) in [4.78, 5) is 12.1. The molecule has 1 rings (SSSR count). The van der Waals surface area contributed by atoms with Gasteiger partial charge in [-0.3, -0.25) is 4.79 Å². The van der Waals surface area contributed by atoms with Crippen molar-refractivity contribution in [3.63, 3.8) is 0 Å². The molecule has 0 bridgehead atoms. The molecule has 18 heavy (non-hydrogen) atoms. The van der Waals surface area contributed by atoms with E-state index in [1.807, 2.05) is 25.1 Å². The lowest BCUT2D eigenvalue weighted by molar-refractivity contribution is -0.121. The van der Waals surface area contributed by atoms with Gasteiger partial charge < -0.3 is 10.5 Å². The van der Waals surface area contributed by atoms with E-state index in [1.54, 1.807) is 7.11 Å². The first-order valence-corrected chi connectivity index (χ1v) is 6.93. The molecule has 0 spiro atoms. The Morgan fingerprint density at radius 2 is 2.22 bits per heavy atom. The van der Waals surface area contributed by atoms with E-state index in [2.05, 4.69) is 15.9 Å². The molecule has 3 nitrogen and oxygen atoms in total. The molecule has 4 heteroatoms. The van der Waals surface area contributed by atoms with Crippen LogP contribution < -0.4 is 10.5 Å². The van der Waals surface area contributed by atoms with Crippen molar-refractivity contribution in [1.29, 1.82) is 0 Å². The maximum atomic E-state index is 12.1. The largest absolute Gasteiger partial charge is 0.497 e. The maximum absolute atomic E-state index is 12.1. The van der Waals surface area contributed by atoms with Gasteiger partial charge in [-0.15, -0.1) is 0 Å². The van der Waals surface area contributed by atoms with E-state index in [0.717, 1.165) is 28.6 Å². The molecule has 0 amide bonds. The Bertz CT molecular complexity index is 407. The molecule has 0 aliphatic rings. The lowest BCUT2D eigenvalue weighted by Gasteiger charge is -2.11. The molecule has 0 radical (unpaired) electrons. The van der Waals surface area contributed by atoms with Gasteiger partial charge in [0.1, 0.15) is 11.5 Å². The van der Waals surface area contributed by atoms with Gasteiger partial charge in [0.05, 0.1) is 7.11 Å². The Morgan fingerprint density at radius 1 is 1.50 bits per heavy atom. The fourth-order valence-corrected chi connectivity index (χ4v) is 2.15. The van der Waals surface area contributed by atoms with Crippen LogP contribution in [0.5, 0.6) is 5.75 Å². The summed E-state index contributed by atoms with van der Waals surface area (Å²) in [6.45, 7) is 2.60. The van der Waals surface area contributed by atoms with Crippen molar-refractivity contribution in [2.75, 3.05) is 13.7 Å². The first-order chi connectivity index (χ1) is 8.58. The summed E-state index contributed by atoms with van der Waals surface area (Å²) in [5.41, 5.74) is 6.43. The highest BCUT2D eigenvalue weighted by Gasteiger charge is 2.14. The fourth-order valence-electron chi connectivity index (χ4n) is 1.76. The van der Waals surface area contributed by atoms with Crippen LogP contribution in [-0.4, -0.2) is 19.4 Å². The number of nitrogens with two attached hydrogens (primary N) is 1. The predicted molar refractivity (Wildman–Crippen MR) is 76.9 cm³/mol. The molecular formula is C14H20BrNO2. The number of benzene rings is 1. The van der Waals surface area contributed by atoms with E-state index in [9.17, 15) is 4.79 Å². The minimum atomic E-state index is 0.0617. The van der Waals surface area contributed by atoms with Crippen LogP contribution in [0.2, 0.25) is 0 Å². The number of methoxy groups -OCH3 is 1. The van der Waals surface area contributed by atoms with Gasteiger partial charge in [-0.1, -0.05) is 22.9 Å². The first-order valence-electron chi connectivity index (χ1n) is 6.13. The molecule has 0 aliphatic carbocycles. The molecule has 0 aromatic heterocycles. The van der Waals surface area contributed by atoms with Crippen molar-refractivity contribution >= 4 is 21.7 Å². The van der Waals surface area contributed by atoms with Gasteiger partial charge in [-0.2, -0.15) is 0 Å². The molecule has 1 aromatic rings. The van der Waals surface area contributed by atoms with Gasteiger partial charge in [-0.25, -0.2) is 0 Å². The molecule has 1 aromatic carbocycles. The molecule has 100 valence electrons. The lowest BCUT2D eigenvalue weighted by atomic mass is 9.95. The summed E-state index contributed by atoms with van der Waals surface area (Å²) in [6.07, 6.45) is 2.19. The van der Waals surface area contributed by atoms with Crippen molar-refractivity contribution in [2.24, 2.45) is 11.7 Å². The normalized spacial score (nSPS) is 12.2. The highest BCUT2D eigenvalue weighted by Crippen LogP contribution is 2.24. The molecule has 0 saturated carbocycles. The van der Waals surface area contributed by atoms with Gasteiger partial charge in [0.25, 0.3) is 0 Å². The van der Waals surface area contributed by atoms with Gasteiger partial charge in [0.15, 0.2) is 0 Å². The van der Waals surface area contributed by atoms with E-state index in [-0.39, 0.29) is 11.7 Å². The number of carbonyl (C=O) groups excluding carboxylic acids is 1. The van der Waals surface area contributed by atoms with Crippen molar-refractivity contribution in [3.8, 4) is 5.75 Å². The Kier molecular flexibility index (Phi) is 6.36. The highest BCUT2D eigenvalue weighted by atomic mass is 79.9. The number of rotatable bonds is 7. The van der Waals surface area contributed by atoms with Crippen LogP contribution in [0.15, 0.2) is 22.7 Å². The first kappa shape index (κ1) is 15.2. The molecule has 0 fully saturated rings. The predicted octanol–water partition coefficient (Wildman–Crippen LogP) is 2.94. The van der Waals surface area contributed by atoms with Crippen molar-refractivity contribution < 1.29 is 9.53 Å². The molecule has 1 unspecified atom stereocenters. The summed E-state index contributed by atoms with van der Waals surface area (Å²) in [7, 11) is 1.62. The molecule has 1 atom stereocenters. The molecular weight excluding hydrogens is 294 g/mol. The second-order valence-electron chi connectivity index (χ2n) is 4.43. The van der Waals surface area contributed by atoms with Crippen LogP contribution in [0.4, 0.5) is 0 Å². The number of carbonyl (C=O) groups is 1. The van der Waals surface area contributed by atoms with Crippen LogP contribution >= 0.6 is 15.9 Å². The maximum Gasteiger partial charge on any atom is 0.140 e. The van der Waals surface area contributed by atoms with Gasteiger partial charge in [-0.05, 0) is 43.1 Å². The van der Waals surface area contributed by atoms with Crippen LogP contribution in [0.25, 0.3) is 0 Å². The van der Waals surface area contributed by atoms with Gasteiger partial charge in [0, 0.05) is 16.8 Å². The van der Waals surface area contributed by atoms with Crippen molar-refractivity contribution in [1.82, 2.24) is 0 Å². The van der Waals surface area contributed by atoms with Crippen molar-refractivity contribution in [2.45, 2.75) is 26.2 Å². The van der Waals surface area contributed by atoms with E-state index < -0.39 is 0 Å². The minimum Gasteiger partial charge on any atom is -0.497 e. The SMILES string of the molecule is COc1ccc(Br)c(CC(=O)C(C)CCCN)c1. The van der Waals surface area contributed by atoms with Crippen molar-refractivity contribution in [3.05, 3.63) is 28.2 Å². The number of ketones is 1. The Hall–Kier alpha value is -0.870. The Balaban J connectivity index is 2.68. The smallest absolute Gasteiger partial charge is 0.140 e. The summed E-state index contributed by atoms with van der Waals surface area (Å²) in [5.74, 6) is 1.08. The average molecular weight is 314 g/mol. The molecule has 0 heterocycles. The number of Topliss-reactive ketones (excluding diaryl/α,β-unsaturated/α-hetero) is 1. The standard InChI is InChI=1S/C14H20BrNO2/c1-10(4-3-7-16)14(17)9-11-8-12(18-2)5-6-13(11)15/h5-6,8,10H,3-4,7,9,16H2,1-2H3. The fraction of sp³-hybridized carbons (Fsp3) is 0.500. The molecule has 2 N–H and O–H groups in total. The van der Waals surface area contributed by atoms with E-state index in [0.29, 0.717) is 13.0 Å². The van der Waals surface area contributed by atoms with Gasteiger partial charge in [0.2, 0.25) is 0 Å². The number of hydrogen-bond acceptors (Lipinski definition) is 3. The Morgan fingerprint density at radius 3 is 2.83 bits per heavy atom. The second kappa shape index (κ2) is 7.54. The average Bonchev–Trinajstić information content (AvgIpc) is 2.38. The zero-order valence-corrected chi connectivity index (χ0v) is 12.5. The topological polar surface area (TPSA) is 52.3 Å².